The van der Waals surface area contributed by atoms with Crippen molar-refractivity contribution in [1.29, 1.82) is 0 Å². The third-order valence-electron chi connectivity index (χ3n) is 5.98. The fraction of sp³-hybridized carbons (Fsp3) is 0.241. The number of carbonyl (C=O) groups is 2. The minimum absolute atomic E-state index is 0.0681. The predicted octanol–water partition coefficient (Wildman–Crippen LogP) is 3.90. The van der Waals surface area contributed by atoms with Crippen molar-refractivity contribution in [3.05, 3.63) is 106 Å². The molecule has 0 aliphatic rings. The molecular formula is C29H30N4O3S. The van der Waals surface area contributed by atoms with Crippen LogP contribution in [0.1, 0.15) is 17.5 Å². The number of nitrogens with one attached hydrogen (secondary N) is 1. The van der Waals surface area contributed by atoms with Gasteiger partial charge in [0.25, 0.3) is 5.56 Å². The quantitative estimate of drug-likeness (QED) is 0.242. The molecule has 1 aromatic heterocycles. The molecule has 0 atom stereocenters. The third-order valence-corrected chi connectivity index (χ3v) is 6.94. The van der Waals surface area contributed by atoms with Gasteiger partial charge in [-0.2, -0.15) is 0 Å². The van der Waals surface area contributed by atoms with E-state index in [4.69, 9.17) is 0 Å². The molecule has 1 heterocycles. The highest BCUT2D eigenvalue weighted by Crippen LogP contribution is 2.19. The first-order valence-corrected chi connectivity index (χ1v) is 13.2. The van der Waals surface area contributed by atoms with E-state index in [0.717, 1.165) is 17.5 Å². The number of amides is 2. The molecule has 0 spiro atoms. The summed E-state index contributed by atoms with van der Waals surface area (Å²) < 4.78 is 1.51. The molecule has 190 valence electrons. The lowest BCUT2D eigenvalue weighted by atomic mass is 10.1. The van der Waals surface area contributed by atoms with E-state index in [2.05, 4.69) is 10.3 Å². The van der Waals surface area contributed by atoms with E-state index in [1.54, 1.807) is 30.1 Å². The molecule has 1 N–H and O–H groups in total. The van der Waals surface area contributed by atoms with Crippen LogP contribution in [0.2, 0.25) is 0 Å². The summed E-state index contributed by atoms with van der Waals surface area (Å²) >= 11 is 1.22. The lowest BCUT2D eigenvalue weighted by molar-refractivity contribution is -0.127. The number of carbonyl (C=O) groups excluding carboxylic acids is 2. The average Bonchev–Trinajstić information content (AvgIpc) is 2.92. The van der Waals surface area contributed by atoms with Gasteiger partial charge >= 0.3 is 0 Å². The molecule has 0 aliphatic heterocycles. The number of benzene rings is 3. The number of thioether (sulfide) groups is 1. The van der Waals surface area contributed by atoms with E-state index in [0.29, 0.717) is 29.1 Å². The van der Waals surface area contributed by atoms with Crippen molar-refractivity contribution < 1.29 is 9.59 Å². The molecule has 3 aromatic carbocycles. The molecule has 0 saturated carbocycles. The first-order chi connectivity index (χ1) is 18.0. The number of hydrogen-bond acceptors (Lipinski definition) is 5. The van der Waals surface area contributed by atoms with E-state index in [-0.39, 0.29) is 36.1 Å². The van der Waals surface area contributed by atoms with Crippen molar-refractivity contribution in [3.63, 3.8) is 0 Å². The monoisotopic (exact) mass is 514 g/mol. The fourth-order valence-electron chi connectivity index (χ4n) is 3.93. The Kier molecular flexibility index (Phi) is 9.10. The van der Waals surface area contributed by atoms with Gasteiger partial charge in [0.05, 0.1) is 16.7 Å². The molecule has 4 aromatic rings. The minimum Gasteiger partial charge on any atom is -0.356 e. The normalized spacial score (nSPS) is 10.8. The van der Waals surface area contributed by atoms with Crippen LogP contribution >= 0.6 is 11.8 Å². The van der Waals surface area contributed by atoms with Gasteiger partial charge in [-0.05, 0) is 29.7 Å². The van der Waals surface area contributed by atoms with Crippen molar-refractivity contribution >= 4 is 34.5 Å². The van der Waals surface area contributed by atoms with Crippen molar-refractivity contribution in [3.8, 4) is 0 Å². The van der Waals surface area contributed by atoms with Crippen LogP contribution in [0.4, 0.5) is 0 Å². The summed E-state index contributed by atoms with van der Waals surface area (Å²) in [7, 11) is 1.76. The average molecular weight is 515 g/mol. The predicted molar refractivity (Wildman–Crippen MR) is 147 cm³/mol. The smallest absolute Gasteiger partial charge is 0.262 e. The number of rotatable bonds is 11. The van der Waals surface area contributed by atoms with E-state index in [9.17, 15) is 14.4 Å². The third kappa shape index (κ3) is 7.30. The summed E-state index contributed by atoms with van der Waals surface area (Å²) in [6.45, 7) is 1.21. The Labute approximate surface area is 220 Å². The Hall–Kier alpha value is -3.91. The number of aromatic nitrogens is 2. The summed E-state index contributed by atoms with van der Waals surface area (Å²) in [4.78, 5) is 44.9. The highest BCUT2D eigenvalue weighted by molar-refractivity contribution is 7.99. The largest absolute Gasteiger partial charge is 0.356 e. The van der Waals surface area contributed by atoms with E-state index in [1.807, 2.05) is 66.7 Å². The Balaban J connectivity index is 1.41. The van der Waals surface area contributed by atoms with Gasteiger partial charge in [0, 0.05) is 33.1 Å². The number of hydrogen-bond donors (Lipinski definition) is 1. The Morgan fingerprint density at radius 3 is 2.30 bits per heavy atom. The second-order valence-electron chi connectivity index (χ2n) is 8.73. The molecule has 0 radical (unpaired) electrons. The van der Waals surface area contributed by atoms with Gasteiger partial charge in [-0.3, -0.25) is 19.0 Å². The minimum atomic E-state index is -0.213. The van der Waals surface area contributed by atoms with Gasteiger partial charge in [-0.1, -0.05) is 84.6 Å². The summed E-state index contributed by atoms with van der Waals surface area (Å²) in [6.07, 6.45) is 0.883. The number of para-hydroxylation sites is 1. The second-order valence-corrected chi connectivity index (χ2v) is 9.67. The van der Waals surface area contributed by atoms with Gasteiger partial charge in [0.15, 0.2) is 5.16 Å². The van der Waals surface area contributed by atoms with Crippen LogP contribution in [-0.4, -0.2) is 45.6 Å². The first-order valence-electron chi connectivity index (χ1n) is 12.2. The topological polar surface area (TPSA) is 84.3 Å². The molecule has 0 saturated heterocycles. The van der Waals surface area contributed by atoms with Crippen molar-refractivity contribution in [2.24, 2.45) is 0 Å². The van der Waals surface area contributed by atoms with Crippen LogP contribution < -0.4 is 10.9 Å². The maximum Gasteiger partial charge on any atom is 0.262 e. The van der Waals surface area contributed by atoms with Gasteiger partial charge in [-0.15, -0.1) is 0 Å². The van der Waals surface area contributed by atoms with Gasteiger partial charge < -0.3 is 10.2 Å². The molecule has 4 rings (SSSR count). The zero-order valence-corrected chi connectivity index (χ0v) is 21.6. The SMILES string of the molecule is CN(Cc1ccccc1)C(=O)CSc1nc2ccccc2c(=O)n1CCC(=O)NCCc1ccccc1. The zero-order chi connectivity index (χ0) is 26.0. The molecule has 0 fully saturated rings. The highest BCUT2D eigenvalue weighted by Gasteiger charge is 2.16. The Bertz CT molecular complexity index is 1410. The van der Waals surface area contributed by atoms with Crippen molar-refractivity contribution in [2.75, 3.05) is 19.3 Å². The fourth-order valence-corrected chi connectivity index (χ4v) is 4.90. The van der Waals surface area contributed by atoms with Crippen molar-refractivity contribution in [2.45, 2.75) is 31.1 Å². The molecular weight excluding hydrogens is 484 g/mol. The maximum absolute atomic E-state index is 13.3. The first kappa shape index (κ1) is 26.2. The molecule has 37 heavy (non-hydrogen) atoms. The van der Waals surface area contributed by atoms with Crippen LogP contribution in [0.25, 0.3) is 10.9 Å². The highest BCUT2D eigenvalue weighted by atomic mass is 32.2. The molecule has 7 nitrogen and oxygen atoms in total. The molecule has 8 heteroatoms. The molecule has 0 aliphatic carbocycles. The number of fused-ring (bicyclic) bond motifs is 1. The van der Waals surface area contributed by atoms with Gasteiger partial charge in [0.1, 0.15) is 0 Å². The van der Waals surface area contributed by atoms with E-state index in [1.165, 1.54) is 16.3 Å². The second kappa shape index (κ2) is 12.9. The number of nitrogens with zero attached hydrogens (tertiary/aromatic N) is 3. The lowest BCUT2D eigenvalue weighted by Gasteiger charge is -2.18. The molecule has 0 unspecified atom stereocenters. The maximum atomic E-state index is 13.3. The summed E-state index contributed by atoms with van der Waals surface area (Å²) in [5.74, 6) is -0.0655. The Morgan fingerprint density at radius 1 is 0.919 bits per heavy atom. The van der Waals surface area contributed by atoms with Crippen LogP contribution in [0, 0.1) is 0 Å². The van der Waals surface area contributed by atoms with E-state index >= 15 is 0 Å². The van der Waals surface area contributed by atoms with Crippen LogP contribution in [0.5, 0.6) is 0 Å². The van der Waals surface area contributed by atoms with Crippen LogP contribution in [0.15, 0.2) is 94.9 Å². The zero-order valence-electron chi connectivity index (χ0n) is 20.8. The summed E-state index contributed by atoms with van der Waals surface area (Å²) in [6, 6.07) is 26.9. The standard InChI is InChI=1S/C29H30N4O3S/c1-32(20-23-12-6-3-7-13-23)27(35)21-37-29-31-25-15-9-8-14-24(25)28(36)33(29)19-17-26(34)30-18-16-22-10-4-2-5-11-22/h2-15H,16-21H2,1H3,(H,30,34). The summed E-state index contributed by atoms with van der Waals surface area (Å²) in [5, 5.41) is 3.85. The lowest BCUT2D eigenvalue weighted by Crippen LogP contribution is -2.31. The molecule has 2 amide bonds. The van der Waals surface area contributed by atoms with Crippen molar-refractivity contribution in [1.82, 2.24) is 19.8 Å². The Morgan fingerprint density at radius 2 is 1.57 bits per heavy atom. The molecule has 0 bridgehead atoms. The van der Waals surface area contributed by atoms with E-state index < -0.39 is 0 Å². The van der Waals surface area contributed by atoms with Gasteiger partial charge in [0.2, 0.25) is 11.8 Å². The van der Waals surface area contributed by atoms with Crippen LogP contribution in [0.3, 0.4) is 0 Å². The summed E-state index contributed by atoms with van der Waals surface area (Å²) in [5.41, 5.74) is 2.56. The van der Waals surface area contributed by atoms with Crippen LogP contribution in [-0.2, 0) is 29.1 Å². The van der Waals surface area contributed by atoms with Gasteiger partial charge in [-0.25, -0.2) is 4.98 Å².